The second kappa shape index (κ2) is 2.87. The van der Waals surface area contributed by atoms with Crippen LogP contribution in [0.25, 0.3) is 0 Å². The van der Waals surface area contributed by atoms with E-state index in [0.29, 0.717) is 12.8 Å². The molecule has 0 aromatic carbocycles. The molecule has 0 aliphatic heterocycles. The molecular weight excluding hydrogens is 176 g/mol. The Bertz CT molecular complexity index is 396. The topological polar surface area (TPSA) is 42.9 Å². The van der Waals surface area contributed by atoms with Gasteiger partial charge in [-0.25, -0.2) is 9.97 Å². The van der Waals surface area contributed by atoms with E-state index in [1.807, 2.05) is 13.1 Å². The summed E-state index contributed by atoms with van der Waals surface area (Å²) in [5.41, 5.74) is 1.94. The number of carbonyl (C=O) groups is 1. The second-order valence-corrected chi connectivity index (χ2v) is 4.55. The number of fused-ring (bicyclic) bond motifs is 1. The Morgan fingerprint density at radius 1 is 1.43 bits per heavy atom. The van der Waals surface area contributed by atoms with Crippen molar-refractivity contribution < 1.29 is 4.79 Å². The fraction of sp³-hybridized carbons (Fsp3) is 0.545. The van der Waals surface area contributed by atoms with Gasteiger partial charge in [-0.05, 0) is 17.9 Å². The van der Waals surface area contributed by atoms with E-state index in [1.54, 1.807) is 0 Å². The van der Waals surface area contributed by atoms with Crippen LogP contribution in [0.15, 0.2) is 6.20 Å². The Labute approximate surface area is 83.6 Å². The smallest absolute Gasteiger partial charge is 0.139 e. The van der Waals surface area contributed by atoms with Crippen LogP contribution in [0.1, 0.15) is 37.4 Å². The minimum atomic E-state index is -0.0988. The van der Waals surface area contributed by atoms with Gasteiger partial charge in [0.05, 0.1) is 5.69 Å². The third kappa shape index (κ3) is 1.43. The maximum absolute atomic E-state index is 11.5. The molecule has 1 aromatic rings. The van der Waals surface area contributed by atoms with Crippen molar-refractivity contribution in [3.63, 3.8) is 0 Å². The molecular formula is C11H14N2O. The average Bonchev–Trinajstić information content (AvgIpc) is 2.00. The van der Waals surface area contributed by atoms with Gasteiger partial charge in [-0.2, -0.15) is 0 Å². The lowest BCUT2D eigenvalue weighted by Gasteiger charge is -2.30. The van der Waals surface area contributed by atoms with Crippen molar-refractivity contribution in [2.45, 2.75) is 39.0 Å². The van der Waals surface area contributed by atoms with Gasteiger partial charge in [-0.3, -0.25) is 4.79 Å². The number of aryl methyl sites for hydroxylation is 1. The largest absolute Gasteiger partial charge is 0.299 e. The van der Waals surface area contributed by atoms with E-state index in [-0.39, 0.29) is 11.2 Å². The molecule has 0 radical (unpaired) electrons. The first-order valence-electron chi connectivity index (χ1n) is 4.84. The number of rotatable bonds is 0. The molecule has 0 bridgehead atoms. The number of Topliss-reactive ketones (excluding diaryl/α,β-unsaturated/α-hetero) is 1. The molecule has 1 aromatic heterocycles. The summed E-state index contributed by atoms with van der Waals surface area (Å²) < 4.78 is 0. The number of aromatic nitrogens is 2. The zero-order valence-electron chi connectivity index (χ0n) is 8.79. The Hall–Kier alpha value is -1.25. The maximum atomic E-state index is 11.5. The van der Waals surface area contributed by atoms with E-state index in [0.717, 1.165) is 17.1 Å². The Balaban J connectivity index is 2.57. The van der Waals surface area contributed by atoms with Gasteiger partial charge in [0.25, 0.3) is 0 Å². The van der Waals surface area contributed by atoms with Crippen molar-refractivity contribution >= 4 is 5.78 Å². The minimum absolute atomic E-state index is 0.0988. The van der Waals surface area contributed by atoms with Crippen LogP contribution in [0.4, 0.5) is 0 Å². The van der Waals surface area contributed by atoms with E-state index >= 15 is 0 Å². The first-order chi connectivity index (χ1) is 6.49. The maximum Gasteiger partial charge on any atom is 0.139 e. The van der Waals surface area contributed by atoms with Gasteiger partial charge in [-0.15, -0.1) is 0 Å². The number of carbonyl (C=O) groups excluding carboxylic acids is 1. The van der Waals surface area contributed by atoms with Crippen molar-refractivity contribution in [3.05, 3.63) is 23.3 Å². The lowest BCUT2D eigenvalue weighted by Crippen LogP contribution is -2.31. The summed E-state index contributed by atoms with van der Waals surface area (Å²) in [4.78, 5) is 20.0. The monoisotopic (exact) mass is 190 g/mol. The van der Waals surface area contributed by atoms with E-state index in [1.165, 1.54) is 0 Å². The highest BCUT2D eigenvalue weighted by molar-refractivity contribution is 5.84. The molecule has 0 spiro atoms. The first kappa shape index (κ1) is 9.31. The van der Waals surface area contributed by atoms with Gasteiger partial charge >= 0.3 is 0 Å². The summed E-state index contributed by atoms with van der Waals surface area (Å²) in [6.45, 7) is 6.00. The number of hydrogen-bond donors (Lipinski definition) is 0. The molecule has 0 amide bonds. The number of nitrogens with zero attached hydrogens (tertiary/aromatic N) is 2. The van der Waals surface area contributed by atoms with Gasteiger partial charge in [0.15, 0.2) is 0 Å². The Kier molecular flexibility index (Phi) is 1.91. The van der Waals surface area contributed by atoms with Crippen molar-refractivity contribution in [1.29, 1.82) is 0 Å². The molecule has 0 unspecified atom stereocenters. The summed E-state index contributed by atoms with van der Waals surface area (Å²) in [5.74, 6) is 1.02. The third-order valence-electron chi connectivity index (χ3n) is 2.72. The molecule has 0 saturated heterocycles. The molecule has 1 heterocycles. The van der Waals surface area contributed by atoms with Crippen molar-refractivity contribution in [1.82, 2.24) is 9.97 Å². The summed E-state index contributed by atoms with van der Waals surface area (Å²) in [5, 5.41) is 0. The fourth-order valence-corrected chi connectivity index (χ4v) is 2.05. The van der Waals surface area contributed by atoms with Crippen LogP contribution in [0.5, 0.6) is 0 Å². The van der Waals surface area contributed by atoms with Crippen LogP contribution < -0.4 is 0 Å². The summed E-state index contributed by atoms with van der Waals surface area (Å²) in [7, 11) is 0. The molecule has 3 nitrogen and oxygen atoms in total. The molecule has 0 N–H and O–H groups in total. The molecule has 0 fully saturated rings. The summed E-state index contributed by atoms with van der Waals surface area (Å²) in [6, 6.07) is 0. The van der Waals surface area contributed by atoms with Crippen molar-refractivity contribution in [2.75, 3.05) is 0 Å². The predicted molar refractivity (Wildman–Crippen MR) is 53.1 cm³/mol. The fourth-order valence-electron chi connectivity index (χ4n) is 2.05. The molecule has 3 heteroatoms. The number of ketones is 1. The van der Waals surface area contributed by atoms with E-state index in [9.17, 15) is 4.79 Å². The van der Waals surface area contributed by atoms with Crippen LogP contribution in [0.3, 0.4) is 0 Å². The highest BCUT2D eigenvalue weighted by Crippen LogP contribution is 2.33. The first-order valence-corrected chi connectivity index (χ1v) is 4.84. The predicted octanol–water partition coefficient (Wildman–Crippen LogP) is 1.58. The highest BCUT2D eigenvalue weighted by Gasteiger charge is 2.32. The van der Waals surface area contributed by atoms with Crippen LogP contribution in [-0.4, -0.2) is 15.8 Å². The van der Waals surface area contributed by atoms with E-state index in [2.05, 4.69) is 23.8 Å². The molecule has 0 atom stereocenters. The molecule has 1 aliphatic rings. The van der Waals surface area contributed by atoms with Crippen LogP contribution in [0.2, 0.25) is 0 Å². The summed E-state index contributed by atoms with van der Waals surface area (Å²) >= 11 is 0. The van der Waals surface area contributed by atoms with Crippen LogP contribution in [-0.2, 0) is 16.6 Å². The van der Waals surface area contributed by atoms with E-state index < -0.39 is 0 Å². The van der Waals surface area contributed by atoms with Crippen LogP contribution in [0, 0.1) is 6.92 Å². The van der Waals surface area contributed by atoms with Gasteiger partial charge in [-0.1, -0.05) is 13.8 Å². The lowest BCUT2D eigenvalue weighted by atomic mass is 9.75. The van der Waals surface area contributed by atoms with E-state index in [4.69, 9.17) is 0 Å². The van der Waals surface area contributed by atoms with Crippen molar-refractivity contribution in [2.24, 2.45) is 0 Å². The SMILES string of the molecule is Cc1ncc2c(n1)CC(=O)CC2(C)C. The lowest BCUT2D eigenvalue weighted by molar-refractivity contribution is -0.120. The molecule has 74 valence electrons. The Morgan fingerprint density at radius 2 is 2.14 bits per heavy atom. The minimum Gasteiger partial charge on any atom is -0.299 e. The normalized spacial score (nSPS) is 19.2. The standard InChI is InChI=1S/C11H14N2O/c1-7-12-6-9-10(13-7)4-8(14)5-11(9,2)3/h6H,4-5H2,1-3H3. The third-order valence-corrected chi connectivity index (χ3v) is 2.72. The number of hydrogen-bond acceptors (Lipinski definition) is 3. The zero-order chi connectivity index (χ0) is 10.3. The average molecular weight is 190 g/mol. The van der Waals surface area contributed by atoms with Gasteiger partial charge in [0.2, 0.25) is 0 Å². The molecule has 14 heavy (non-hydrogen) atoms. The second-order valence-electron chi connectivity index (χ2n) is 4.55. The van der Waals surface area contributed by atoms with Gasteiger partial charge in [0.1, 0.15) is 11.6 Å². The highest BCUT2D eigenvalue weighted by atomic mass is 16.1. The zero-order valence-corrected chi connectivity index (χ0v) is 8.79. The summed E-state index contributed by atoms with van der Waals surface area (Å²) in [6.07, 6.45) is 2.94. The molecule has 1 aliphatic carbocycles. The molecule has 2 rings (SSSR count). The van der Waals surface area contributed by atoms with Crippen LogP contribution >= 0.6 is 0 Å². The molecule has 0 saturated carbocycles. The quantitative estimate of drug-likeness (QED) is 0.623. The van der Waals surface area contributed by atoms with Gasteiger partial charge < -0.3 is 0 Å². The Morgan fingerprint density at radius 3 is 2.86 bits per heavy atom. The van der Waals surface area contributed by atoms with Gasteiger partial charge in [0, 0.05) is 19.0 Å². The van der Waals surface area contributed by atoms with Crippen molar-refractivity contribution in [3.8, 4) is 0 Å².